The van der Waals surface area contributed by atoms with E-state index in [2.05, 4.69) is 0 Å². The summed E-state index contributed by atoms with van der Waals surface area (Å²) in [6, 6.07) is 3.37. The smallest absolute Gasteiger partial charge is 0.206 e. The third kappa shape index (κ3) is 2.93. The molecule has 1 aromatic rings. The third-order valence-corrected chi connectivity index (χ3v) is 5.83. The van der Waals surface area contributed by atoms with Crippen molar-refractivity contribution in [3.63, 3.8) is 0 Å². The normalized spacial score (nSPS) is 12.3. The van der Waals surface area contributed by atoms with E-state index in [0.717, 1.165) is 11.3 Å². The lowest BCUT2D eigenvalue weighted by Crippen LogP contribution is -2.26. The van der Waals surface area contributed by atoms with Crippen LogP contribution in [0.4, 0.5) is 0 Å². The van der Waals surface area contributed by atoms with Gasteiger partial charge in [-0.1, -0.05) is 6.92 Å². The van der Waals surface area contributed by atoms with E-state index in [1.54, 1.807) is 19.2 Å². The Kier molecular flexibility index (Phi) is 4.58. The molecule has 0 bridgehead atoms. The molecule has 0 radical (unpaired) electrons. The van der Waals surface area contributed by atoms with Gasteiger partial charge in [-0.15, -0.1) is 22.9 Å². The molecule has 0 aliphatic rings. The van der Waals surface area contributed by atoms with Crippen LogP contribution in [-0.4, -0.2) is 26.3 Å². The largest absolute Gasteiger partial charge is 0.252 e. The first-order chi connectivity index (χ1) is 7.02. The third-order valence-electron chi connectivity index (χ3n) is 1.97. The number of hydrogen-bond acceptors (Lipinski definition) is 3. The van der Waals surface area contributed by atoms with Crippen LogP contribution in [0.25, 0.3) is 0 Å². The van der Waals surface area contributed by atoms with Crippen LogP contribution in [0.15, 0.2) is 16.3 Å². The van der Waals surface area contributed by atoms with E-state index < -0.39 is 10.0 Å². The van der Waals surface area contributed by atoms with Gasteiger partial charge in [0, 0.05) is 18.5 Å². The lowest BCUT2D eigenvalue weighted by Gasteiger charge is -2.14. The van der Waals surface area contributed by atoms with Crippen molar-refractivity contribution in [2.24, 2.45) is 0 Å². The predicted molar refractivity (Wildman–Crippen MR) is 64.0 cm³/mol. The number of hydrogen-bond donors (Lipinski definition) is 0. The highest BCUT2D eigenvalue weighted by molar-refractivity contribution is 7.91. The zero-order chi connectivity index (χ0) is 11.5. The van der Waals surface area contributed by atoms with Gasteiger partial charge >= 0.3 is 0 Å². The Labute approximate surface area is 99.7 Å². The minimum Gasteiger partial charge on any atom is -0.206 e. The van der Waals surface area contributed by atoms with Gasteiger partial charge in [-0.25, -0.2) is 12.7 Å². The van der Waals surface area contributed by atoms with Gasteiger partial charge in [0.25, 0.3) is 10.0 Å². The van der Waals surface area contributed by atoms with Crippen molar-refractivity contribution in [1.29, 1.82) is 0 Å². The molecular formula is C9H14ClNO2S2. The maximum absolute atomic E-state index is 11.9. The second kappa shape index (κ2) is 5.30. The monoisotopic (exact) mass is 267 g/mol. The predicted octanol–water partition coefficient (Wildman–Crippen LogP) is 2.52. The molecule has 86 valence electrons. The molecule has 0 spiro atoms. The van der Waals surface area contributed by atoms with Crippen molar-refractivity contribution in [3.8, 4) is 0 Å². The molecule has 0 aliphatic carbocycles. The molecule has 6 heteroatoms. The van der Waals surface area contributed by atoms with E-state index in [1.165, 1.54) is 15.6 Å². The van der Waals surface area contributed by atoms with E-state index in [-0.39, 0.29) is 0 Å². The fourth-order valence-electron chi connectivity index (χ4n) is 1.16. The number of alkyl halides is 1. The van der Waals surface area contributed by atoms with Gasteiger partial charge in [-0.3, -0.25) is 0 Å². The van der Waals surface area contributed by atoms with Crippen LogP contribution in [0, 0.1) is 0 Å². The Morgan fingerprint density at radius 2 is 2.13 bits per heavy atom. The Balaban J connectivity index is 2.95. The first kappa shape index (κ1) is 13.0. The summed E-state index contributed by atoms with van der Waals surface area (Å²) >= 11 is 6.87. The van der Waals surface area contributed by atoms with Gasteiger partial charge in [-0.2, -0.15) is 0 Å². The zero-order valence-corrected chi connectivity index (χ0v) is 11.1. The first-order valence-corrected chi connectivity index (χ1v) is 7.42. The fourth-order valence-corrected chi connectivity index (χ4v) is 4.09. The summed E-state index contributed by atoms with van der Waals surface area (Å²) in [4.78, 5) is 0.875. The highest BCUT2D eigenvalue weighted by Crippen LogP contribution is 2.25. The molecule has 0 fully saturated rings. The summed E-state index contributed by atoms with van der Waals surface area (Å²) in [5.74, 6) is 0.359. The van der Waals surface area contributed by atoms with E-state index >= 15 is 0 Å². The highest BCUT2D eigenvalue weighted by atomic mass is 35.5. The van der Waals surface area contributed by atoms with Gasteiger partial charge in [0.05, 0.1) is 5.88 Å². The van der Waals surface area contributed by atoms with Crippen LogP contribution in [0.3, 0.4) is 0 Å². The molecule has 15 heavy (non-hydrogen) atoms. The van der Waals surface area contributed by atoms with Crippen molar-refractivity contribution < 1.29 is 8.42 Å². The Morgan fingerprint density at radius 3 is 2.60 bits per heavy atom. The van der Waals surface area contributed by atoms with Crippen LogP contribution >= 0.6 is 22.9 Å². The summed E-state index contributed by atoms with van der Waals surface area (Å²) in [6.45, 7) is 2.49. The lowest BCUT2D eigenvalue weighted by atomic mass is 10.5. The van der Waals surface area contributed by atoms with Crippen molar-refractivity contribution in [3.05, 3.63) is 17.0 Å². The van der Waals surface area contributed by atoms with Crippen molar-refractivity contribution in [2.45, 2.75) is 23.4 Å². The van der Waals surface area contributed by atoms with Crippen LogP contribution in [0.1, 0.15) is 18.2 Å². The zero-order valence-electron chi connectivity index (χ0n) is 8.73. The van der Waals surface area contributed by atoms with E-state index in [1.807, 2.05) is 6.92 Å². The highest BCUT2D eigenvalue weighted by Gasteiger charge is 2.21. The second-order valence-electron chi connectivity index (χ2n) is 3.18. The van der Waals surface area contributed by atoms with Gasteiger partial charge in [0.15, 0.2) is 0 Å². The number of rotatable bonds is 5. The molecule has 0 saturated carbocycles. The summed E-state index contributed by atoms with van der Waals surface area (Å²) in [7, 11) is -1.70. The topological polar surface area (TPSA) is 37.4 Å². The average Bonchev–Trinajstić information content (AvgIpc) is 2.66. The standard InChI is InChI=1S/C9H14ClNO2S2/c1-3-6-11(2)15(12,13)9-5-4-8(7-10)14-9/h4-5H,3,6-7H2,1-2H3. The average molecular weight is 268 g/mol. The van der Waals surface area contributed by atoms with Crippen molar-refractivity contribution in [2.75, 3.05) is 13.6 Å². The molecule has 0 saturated heterocycles. The molecule has 1 rings (SSSR count). The maximum Gasteiger partial charge on any atom is 0.252 e. The summed E-state index contributed by atoms with van der Waals surface area (Å²) in [6.07, 6.45) is 0.809. The van der Waals surface area contributed by atoms with E-state index in [4.69, 9.17) is 11.6 Å². The van der Waals surface area contributed by atoms with Crippen LogP contribution in [0.5, 0.6) is 0 Å². The van der Waals surface area contributed by atoms with Crippen LogP contribution in [0.2, 0.25) is 0 Å². The van der Waals surface area contributed by atoms with E-state index in [0.29, 0.717) is 16.6 Å². The molecule has 1 heterocycles. The van der Waals surface area contributed by atoms with Crippen LogP contribution in [-0.2, 0) is 15.9 Å². The minimum absolute atomic E-state index is 0.359. The SMILES string of the molecule is CCCN(C)S(=O)(=O)c1ccc(CCl)s1. The molecular weight excluding hydrogens is 254 g/mol. The number of thiophene rings is 1. The van der Waals surface area contributed by atoms with Gasteiger partial charge in [0.2, 0.25) is 0 Å². The lowest BCUT2D eigenvalue weighted by molar-refractivity contribution is 0.470. The molecule has 0 atom stereocenters. The van der Waals surface area contributed by atoms with Crippen molar-refractivity contribution >= 4 is 33.0 Å². The van der Waals surface area contributed by atoms with Gasteiger partial charge in [-0.05, 0) is 18.6 Å². The first-order valence-electron chi connectivity index (χ1n) is 4.63. The summed E-state index contributed by atoms with van der Waals surface area (Å²) < 4.78 is 25.6. The molecule has 1 aromatic heterocycles. The Bertz CT molecular complexity index is 414. The summed E-state index contributed by atoms with van der Waals surface area (Å²) in [5, 5.41) is 0. The number of nitrogens with zero attached hydrogens (tertiary/aromatic N) is 1. The molecule has 0 unspecified atom stereocenters. The summed E-state index contributed by atoms with van der Waals surface area (Å²) in [5.41, 5.74) is 0. The second-order valence-corrected chi connectivity index (χ2v) is 6.89. The fraction of sp³-hybridized carbons (Fsp3) is 0.556. The molecule has 0 amide bonds. The van der Waals surface area contributed by atoms with Crippen molar-refractivity contribution in [1.82, 2.24) is 4.31 Å². The quantitative estimate of drug-likeness (QED) is 0.769. The molecule has 3 nitrogen and oxygen atoms in total. The number of sulfonamides is 1. The maximum atomic E-state index is 11.9. The Morgan fingerprint density at radius 1 is 1.47 bits per heavy atom. The molecule has 0 N–H and O–H groups in total. The molecule has 0 aromatic carbocycles. The van der Waals surface area contributed by atoms with Gasteiger partial charge in [0.1, 0.15) is 4.21 Å². The van der Waals surface area contributed by atoms with Crippen LogP contribution < -0.4 is 0 Å². The van der Waals surface area contributed by atoms with Gasteiger partial charge < -0.3 is 0 Å². The Hall–Kier alpha value is -0.100. The minimum atomic E-state index is -3.30. The number of halogens is 1. The van der Waals surface area contributed by atoms with E-state index in [9.17, 15) is 8.42 Å². The molecule has 0 aliphatic heterocycles.